The number of para-hydroxylation sites is 3. The van der Waals surface area contributed by atoms with E-state index in [4.69, 9.17) is 9.47 Å². The van der Waals surface area contributed by atoms with E-state index < -0.39 is 0 Å². The molecular formula is C24H23N5O3. The number of ether oxygens (including phenoxy) is 2. The molecule has 1 aliphatic heterocycles. The van der Waals surface area contributed by atoms with E-state index >= 15 is 0 Å². The normalized spacial score (nSPS) is 14.5. The standard InChI is InChI=1S/C24H23N5O3/c1-31-22-9-5-2-6-17(22)20-14-21(28-27-20)24(30)29-12-10-16(11-13-29)32-23-15-25-18-7-3-4-8-19(18)26-23/h2-9,14-16H,10-13H2,1H3,(H,27,28). The number of methoxy groups -OCH3 is 1. The maximum atomic E-state index is 13.0. The van der Waals surface area contributed by atoms with E-state index in [-0.39, 0.29) is 12.0 Å². The van der Waals surface area contributed by atoms with Crippen LogP contribution in [0.4, 0.5) is 0 Å². The van der Waals surface area contributed by atoms with E-state index in [1.807, 2.05) is 53.4 Å². The lowest BCUT2D eigenvalue weighted by Gasteiger charge is -2.31. The van der Waals surface area contributed by atoms with Crippen molar-refractivity contribution in [3.63, 3.8) is 0 Å². The van der Waals surface area contributed by atoms with Gasteiger partial charge in [-0.2, -0.15) is 5.10 Å². The topological polar surface area (TPSA) is 93.2 Å². The van der Waals surface area contributed by atoms with Crippen LogP contribution in [0.25, 0.3) is 22.3 Å². The number of benzene rings is 2. The van der Waals surface area contributed by atoms with Gasteiger partial charge in [-0.1, -0.05) is 24.3 Å². The summed E-state index contributed by atoms with van der Waals surface area (Å²) >= 11 is 0. The van der Waals surface area contributed by atoms with Gasteiger partial charge in [0, 0.05) is 31.5 Å². The molecule has 0 saturated carbocycles. The largest absolute Gasteiger partial charge is 0.496 e. The lowest BCUT2D eigenvalue weighted by molar-refractivity contribution is 0.0582. The van der Waals surface area contributed by atoms with Gasteiger partial charge >= 0.3 is 0 Å². The number of fused-ring (bicyclic) bond motifs is 1. The van der Waals surface area contributed by atoms with E-state index in [1.165, 1.54) is 0 Å². The lowest BCUT2D eigenvalue weighted by atomic mass is 10.1. The number of carbonyl (C=O) groups excluding carboxylic acids is 1. The van der Waals surface area contributed by atoms with Gasteiger partial charge in [0.05, 0.1) is 30.0 Å². The van der Waals surface area contributed by atoms with Crippen LogP contribution < -0.4 is 9.47 Å². The zero-order chi connectivity index (χ0) is 21.9. The number of hydrogen-bond acceptors (Lipinski definition) is 6. The molecule has 8 nitrogen and oxygen atoms in total. The Morgan fingerprint density at radius 2 is 1.81 bits per heavy atom. The number of likely N-dealkylation sites (tertiary alicyclic amines) is 1. The fourth-order valence-electron chi connectivity index (χ4n) is 3.94. The third-order valence-electron chi connectivity index (χ3n) is 5.63. The second kappa shape index (κ2) is 8.66. The Kier molecular flexibility index (Phi) is 5.41. The zero-order valence-electron chi connectivity index (χ0n) is 17.7. The molecule has 0 atom stereocenters. The maximum Gasteiger partial charge on any atom is 0.271 e. The molecule has 2 aromatic heterocycles. The predicted molar refractivity (Wildman–Crippen MR) is 120 cm³/mol. The SMILES string of the molecule is COc1ccccc1-c1cc(C(=O)N2CCC(Oc3cnc4ccccc4n3)CC2)[nH]n1. The molecule has 32 heavy (non-hydrogen) atoms. The van der Waals surface area contributed by atoms with Gasteiger partial charge in [-0.05, 0) is 30.3 Å². The molecule has 0 radical (unpaired) electrons. The van der Waals surface area contributed by atoms with Gasteiger partial charge in [0.25, 0.3) is 5.91 Å². The maximum absolute atomic E-state index is 13.0. The summed E-state index contributed by atoms with van der Waals surface area (Å²) in [5.41, 5.74) is 3.63. The van der Waals surface area contributed by atoms with Crippen LogP contribution in [-0.4, -0.2) is 57.3 Å². The number of amides is 1. The smallest absolute Gasteiger partial charge is 0.271 e. The molecule has 162 valence electrons. The van der Waals surface area contributed by atoms with Gasteiger partial charge in [-0.25, -0.2) is 9.97 Å². The highest BCUT2D eigenvalue weighted by Crippen LogP contribution is 2.29. The molecule has 0 bridgehead atoms. The van der Waals surface area contributed by atoms with Crippen LogP contribution in [0.1, 0.15) is 23.3 Å². The number of hydrogen-bond donors (Lipinski definition) is 1. The summed E-state index contributed by atoms with van der Waals surface area (Å²) in [6.07, 6.45) is 3.12. The zero-order valence-corrected chi connectivity index (χ0v) is 17.7. The van der Waals surface area contributed by atoms with Crippen LogP contribution >= 0.6 is 0 Å². The first-order chi connectivity index (χ1) is 15.7. The molecule has 0 unspecified atom stereocenters. The van der Waals surface area contributed by atoms with E-state index in [0.717, 1.165) is 29.4 Å². The number of piperidine rings is 1. The van der Waals surface area contributed by atoms with Crippen molar-refractivity contribution in [1.82, 2.24) is 25.1 Å². The third kappa shape index (κ3) is 3.99. The second-order valence-electron chi connectivity index (χ2n) is 7.67. The Morgan fingerprint density at radius 3 is 2.62 bits per heavy atom. The quantitative estimate of drug-likeness (QED) is 0.520. The molecule has 3 heterocycles. The van der Waals surface area contributed by atoms with Crippen molar-refractivity contribution in [1.29, 1.82) is 0 Å². The van der Waals surface area contributed by atoms with Crippen LogP contribution in [0, 0.1) is 0 Å². The van der Waals surface area contributed by atoms with Crippen LogP contribution in [0.5, 0.6) is 11.6 Å². The van der Waals surface area contributed by atoms with Gasteiger partial charge in [-0.15, -0.1) is 0 Å². The summed E-state index contributed by atoms with van der Waals surface area (Å²) in [6, 6.07) is 17.1. The Labute approximate surface area is 185 Å². The van der Waals surface area contributed by atoms with Gasteiger partial charge < -0.3 is 14.4 Å². The van der Waals surface area contributed by atoms with Gasteiger partial charge in [0.15, 0.2) is 0 Å². The molecule has 1 fully saturated rings. The van der Waals surface area contributed by atoms with E-state index in [9.17, 15) is 4.79 Å². The molecule has 2 aromatic carbocycles. The fraction of sp³-hybridized carbons (Fsp3) is 0.250. The minimum Gasteiger partial charge on any atom is -0.496 e. The van der Waals surface area contributed by atoms with Crippen LogP contribution in [0.15, 0.2) is 60.8 Å². The molecule has 1 N–H and O–H groups in total. The van der Waals surface area contributed by atoms with Gasteiger partial charge in [-0.3, -0.25) is 9.89 Å². The minimum absolute atomic E-state index is 0.000389. The molecule has 1 saturated heterocycles. The van der Waals surface area contributed by atoms with Crippen LogP contribution in [0.2, 0.25) is 0 Å². The summed E-state index contributed by atoms with van der Waals surface area (Å²) in [7, 11) is 1.62. The van der Waals surface area contributed by atoms with Crippen molar-refractivity contribution in [2.24, 2.45) is 0 Å². The molecule has 5 rings (SSSR count). The van der Waals surface area contributed by atoms with E-state index in [0.29, 0.717) is 36.1 Å². The first-order valence-electron chi connectivity index (χ1n) is 10.6. The predicted octanol–water partition coefficient (Wildman–Crippen LogP) is 3.71. The monoisotopic (exact) mass is 429 g/mol. The Bertz CT molecular complexity index is 1250. The Morgan fingerprint density at radius 1 is 1.06 bits per heavy atom. The highest BCUT2D eigenvalue weighted by molar-refractivity contribution is 5.93. The van der Waals surface area contributed by atoms with Crippen molar-refractivity contribution >= 4 is 16.9 Å². The van der Waals surface area contributed by atoms with Crippen molar-refractivity contribution in [2.45, 2.75) is 18.9 Å². The molecule has 4 aromatic rings. The number of nitrogens with zero attached hydrogens (tertiary/aromatic N) is 4. The van der Waals surface area contributed by atoms with Crippen molar-refractivity contribution in [3.8, 4) is 22.9 Å². The average molecular weight is 429 g/mol. The van der Waals surface area contributed by atoms with Crippen LogP contribution in [-0.2, 0) is 0 Å². The Hall–Kier alpha value is -3.94. The Balaban J connectivity index is 1.21. The van der Waals surface area contributed by atoms with Crippen molar-refractivity contribution in [2.75, 3.05) is 20.2 Å². The van der Waals surface area contributed by atoms with Crippen molar-refractivity contribution in [3.05, 3.63) is 66.5 Å². The summed E-state index contributed by atoms with van der Waals surface area (Å²) in [5.74, 6) is 1.17. The van der Waals surface area contributed by atoms with Crippen molar-refractivity contribution < 1.29 is 14.3 Å². The minimum atomic E-state index is -0.0670. The van der Waals surface area contributed by atoms with E-state index in [2.05, 4.69) is 20.2 Å². The number of carbonyl (C=O) groups is 1. The second-order valence-corrected chi connectivity index (χ2v) is 7.67. The first-order valence-corrected chi connectivity index (χ1v) is 10.6. The fourth-order valence-corrected chi connectivity index (χ4v) is 3.94. The number of rotatable bonds is 5. The summed E-state index contributed by atoms with van der Waals surface area (Å²) in [6.45, 7) is 1.21. The first kappa shape index (κ1) is 20.0. The number of aromatic amines is 1. The number of aromatic nitrogens is 4. The average Bonchev–Trinajstić information content (AvgIpc) is 3.34. The number of nitrogens with one attached hydrogen (secondary N) is 1. The molecular weight excluding hydrogens is 406 g/mol. The highest BCUT2D eigenvalue weighted by atomic mass is 16.5. The molecule has 0 spiro atoms. The van der Waals surface area contributed by atoms with Gasteiger partial charge in [0.2, 0.25) is 5.88 Å². The molecule has 1 amide bonds. The summed E-state index contributed by atoms with van der Waals surface area (Å²) in [4.78, 5) is 23.7. The molecule has 8 heteroatoms. The van der Waals surface area contributed by atoms with E-state index in [1.54, 1.807) is 19.4 Å². The van der Waals surface area contributed by atoms with Crippen LogP contribution in [0.3, 0.4) is 0 Å². The lowest BCUT2D eigenvalue weighted by Crippen LogP contribution is -2.42. The summed E-state index contributed by atoms with van der Waals surface area (Å²) < 4.78 is 11.4. The molecule has 0 aliphatic carbocycles. The third-order valence-corrected chi connectivity index (χ3v) is 5.63. The highest BCUT2D eigenvalue weighted by Gasteiger charge is 2.26. The number of H-pyrrole nitrogens is 1. The summed E-state index contributed by atoms with van der Waals surface area (Å²) in [5, 5.41) is 7.19. The molecule has 1 aliphatic rings. The van der Waals surface area contributed by atoms with Gasteiger partial charge in [0.1, 0.15) is 17.5 Å².